The Kier molecular flexibility index (Phi) is 3.34. The molecular formula is C9H20N2. The summed E-state index contributed by atoms with van der Waals surface area (Å²) < 4.78 is 0. The minimum Gasteiger partial charge on any atom is -0.271 e. The lowest BCUT2D eigenvalue weighted by Gasteiger charge is -2.31. The molecule has 0 aromatic rings. The summed E-state index contributed by atoms with van der Waals surface area (Å²) in [6.07, 6.45) is 4.12. The second-order valence-electron chi connectivity index (χ2n) is 4.19. The van der Waals surface area contributed by atoms with Crippen molar-refractivity contribution >= 4 is 0 Å². The summed E-state index contributed by atoms with van der Waals surface area (Å²) in [6, 6.07) is 0. The average molecular weight is 156 g/mol. The van der Waals surface area contributed by atoms with Crippen LogP contribution >= 0.6 is 0 Å². The van der Waals surface area contributed by atoms with Crippen LogP contribution in [0, 0.1) is 17.8 Å². The predicted octanol–water partition coefficient (Wildman–Crippen LogP) is 1.52. The molecule has 2 unspecified atom stereocenters. The van der Waals surface area contributed by atoms with E-state index in [-0.39, 0.29) is 0 Å². The van der Waals surface area contributed by atoms with Crippen molar-refractivity contribution in [2.24, 2.45) is 23.6 Å². The Bertz CT molecular complexity index is 104. The molecule has 0 radical (unpaired) electrons. The molecule has 3 N–H and O–H groups in total. The van der Waals surface area contributed by atoms with E-state index in [9.17, 15) is 0 Å². The average Bonchev–Trinajstić information content (AvgIpc) is 1.85. The maximum atomic E-state index is 5.30. The number of nitrogens with two attached hydrogens (primary N) is 1. The third-order valence-electron chi connectivity index (χ3n) is 2.68. The zero-order valence-electron chi connectivity index (χ0n) is 7.64. The van der Waals surface area contributed by atoms with Crippen LogP contribution in [-0.4, -0.2) is 6.54 Å². The Hall–Kier alpha value is -0.0800. The van der Waals surface area contributed by atoms with E-state index >= 15 is 0 Å². The van der Waals surface area contributed by atoms with Crippen molar-refractivity contribution in [1.82, 2.24) is 5.43 Å². The van der Waals surface area contributed by atoms with Crippen LogP contribution in [0.2, 0.25) is 0 Å². The fourth-order valence-electron chi connectivity index (χ4n) is 2.45. The van der Waals surface area contributed by atoms with E-state index in [1.54, 1.807) is 0 Å². The van der Waals surface area contributed by atoms with Crippen LogP contribution < -0.4 is 11.3 Å². The normalized spacial score (nSPS) is 39.0. The Morgan fingerprint density at radius 2 is 1.73 bits per heavy atom. The molecule has 0 aromatic carbocycles. The summed E-state index contributed by atoms with van der Waals surface area (Å²) in [4.78, 5) is 0. The lowest BCUT2D eigenvalue weighted by molar-refractivity contribution is 0.215. The fraction of sp³-hybridized carbons (Fsp3) is 1.00. The first-order chi connectivity index (χ1) is 5.22. The van der Waals surface area contributed by atoms with E-state index in [1.165, 1.54) is 19.3 Å². The van der Waals surface area contributed by atoms with Crippen LogP contribution in [0.4, 0.5) is 0 Å². The van der Waals surface area contributed by atoms with Crippen LogP contribution in [0.1, 0.15) is 33.1 Å². The summed E-state index contributed by atoms with van der Waals surface area (Å²) in [7, 11) is 0. The fourth-order valence-corrected chi connectivity index (χ4v) is 2.45. The molecule has 0 spiro atoms. The molecule has 0 heterocycles. The molecule has 2 atom stereocenters. The topological polar surface area (TPSA) is 38.0 Å². The zero-order chi connectivity index (χ0) is 8.27. The third kappa shape index (κ3) is 2.80. The molecule has 0 aromatic heterocycles. The zero-order valence-corrected chi connectivity index (χ0v) is 7.64. The smallest absolute Gasteiger partial charge is 0.0126 e. The van der Waals surface area contributed by atoms with Gasteiger partial charge in [0, 0.05) is 6.54 Å². The van der Waals surface area contributed by atoms with Gasteiger partial charge in [-0.15, -0.1) is 0 Å². The van der Waals surface area contributed by atoms with E-state index in [1.807, 2.05) is 0 Å². The summed E-state index contributed by atoms with van der Waals surface area (Å²) in [6.45, 7) is 5.69. The number of rotatable bonds is 2. The van der Waals surface area contributed by atoms with Gasteiger partial charge in [0.1, 0.15) is 0 Å². The summed E-state index contributed by atoms with van der Waals surface area (Å²) >= 11 is 0. The number of hydrogen-bond donors (Lipinski definition) is 2. The van der Waals surface area contributed by atoms with Crippen LogP contribution in [0.25, 0.3) is 0 Å². The Labute approximate surface area is 69.5 Å². The van der Waals surface area contributed by atoms with Gasteiger partial charge in [0.15, 0.2) is 0 Å². The van der Waals surface area contributed by atoms with Crippen molar-refractivity contribution in [2.45, 2.75) is 33.1 Å². The van der Waals surface area contributed by atoms with E-state index in [0.29, 0.717) is 0 Å². The molecule has 1 rings (SSSR count). The molecule has 1 aliphatic carbocycles. The Morgan fingerprint density at radius 3 is 2.18 bits per heavy atom. The van der Waals surface area contributed by atoms with Crippen molar-refractivity contribution in [3.8, 4) is 0 Å². The summed E-state index contributed by atoms with van der Waals surface area (Å²) in [5.74, 6) is 7.92. The van der Waals surface area contributed by atoms with Gasteiger partial charge in [0.25, 0.3) is 0 Å². The Balaban J connectivity index is 2.30. The van der Waals surface area contributed by atoms with Crippen LogP contribution in [0.5, 0.6) is 0 Å². The standard InChI is InChI=1S/C9H20N2/c1-7-3-8(2)5-9(4-7)6-11-10/h7-9,11H,3-6,10H2,1-2H3. The minimum absolute atomic E-state index is 0.818. The van der Waals surface area contributed by atoms with E-state index < -0.39 is 0 Å². The van der Waals surface area contributed by atoms with E-state index in [2.05, 4.69) is 19.3 Å². The number of hydrazine groups is 1. The molecular weight excluding hydrogens is 136 g/mol. The first-order valence-electron chi connectivity index (χ1n) is 4.65. The minimum atomic E-state index is 0.818. The third-order valence-corrected chi connectivity index (χ3v) is 2.68. The van der Waals surface area contributed by atoms with Crippen LogP contribution in [0.15, 0.2) is 0 Å². The molecule has 11 heavy (non-hydrogen) atoms. The van der Waals surface area contributed by atoms with Gasteiger partial charge in [-0.1, -0.05) is 13.8 Å². The highest BCUT2D eigenvalue weighted by molar-refractivity contribution is 4.75. The second-order valence-corrected chi connectivity index (χ2v) is 4.19. The second kappa shape index (κ2) is 4.07. The van der Waals surface area contributed by atoms with Crippen molar-refractivity contribution in [1.29, 1.82) is 0 Å². The summed E-state index contributed by atoms with van der Waals surface area (Å²) in [5.41, 5.74) is 2.78. The quantitative estimate of drug-likeness (QED) is 0.470. The number of hydrogen-bond acceptors (Lipinski definition) is 2. The van der Waals surface area contributed by atoms with Crippen molar-refractivity contribution in [3.05, 3.63) is 0 Å². The van der Waals surface area contributed by atoms with Gasteiger partial charge in [-0.25, -0.2) is 0 Å². The molecule has 0 aliphatic heterocycles. The molecule has 1 saturated carbocycles. The number of nitrogens with one attached hydrogen (secondary N) is 1. The van der Waals surface area contributed by atoms with Gasteiger partial charge in [-0.3, -0.25) is 11.3 Å². The molecule has 2 nitrogen and oxygen atoms in total. The Morgan fingerprint density at radius 1 is 1.18 bits per heavy atom. The van der Waals surface area contributed by atoms with Crippen LogP contribution in [0.3, 0.4) is 0 Å². The van der Waals surface area contributed by atoms with Crippen molar-refractivity contribution < 1.29 is 0 Å². The van der Waals surface area contributed by atoms with Crippen molar-refractivity contribution in [2.75, 3.05) is 6.54 Å². The molecule has 1 fully saturated rings. The summed E-state index contributed by atoms with van der Waals surface area (Å²) in [5, 5.41) is 0. The predicted molar refractivity (Wildman–Crippen MR) is 47.9 cm³/mol. The maximum absolute atomic E-state index is 5.30. The van der Waals surface area contributed by atoms with Crippen LogP contribution in [-0.2, 0) is 0 Å². The highest BCUT2D eigenvalue weighted by Crippen LogP contribution is 2.32. The van der Waals surface area contributed by atoms with Gasteiger partial charge in [-0.05, 0) is 37.0 Å². The van der Waals surface area contributed by atoms with E-state index in [0.717, 1.165) is 24.3 Å². The van der Waals surface area contributed by atoms with Gasteiger partial charge < -0.3 is 0 Å². The SMILES string of the molecule is CC1CC(C)CC(CNN)C1. The van der Waals surface area contributed by atoms with Crippen molar-refractivity contribution in [3.63, 3.8) is 0 Å². The molecule has 0 bridgehead atoms. The van der Waals surface area contributed by atoms with Gasteiger partial charge in [-0.2, -0.15) is 0 Å². The highest BCUT2D eigenvalue weighted by atomic mass is 15.2. The van der Waals surface area contributed by atoms with Gasteiger partial charge in [0.2, 0.25) is 0 Å². The van der Waals surface area contributed by atoms with Gasteiger partial charge >= 0.3 is 0 Å². The molecule has 0 amide bonds. The first-order valence-corrected chi connectivity index (χ1v) is 4.65. The molecule has 2 heteroatoms. The highest BCUT2D eigenvalue weighted by Gasteiger charge is 2.22. The largest absolute Gasteiger partial charge is 0.271 e. The van der Waals surface area contributed by atoms with Gasteiger partial charge in [0.05, 0.1) is 0 Å². The molecule has 0 saturated heterocycles. The maximum Gasteiger partial charge on any atom is 0.0126 e. The van der Waals surface area contributed by atoms with E-state index in [4.69, 9.17) is 5.84 Å². The lowest BCUT2D eigenvalue weighted by atomic mass is 9.77. The monoisotopic (exact) mass is 156 g/mol. The lowest BCUT2D eigenvalue weighted by Crippen LogP contribution is -2.33. The molecule has 1 aliphatic rings. The molecule has 66 valence electrons. The first kappa shape index (κ1) is 9.01.